The summed E-state index contributed by atoms with van der Waals surface area (Å²) in [6.07, 6.45) is 0. The first-order valence-corrected chi connectivity index (χ1v) is 0.424. The van der Waals surface area contributed by atoms with Crippen LogP contribution in [0.2, 0.25) is 0 Å². The number of nitrogens with one attached hydrogen (secondary N) is 1. The summed E-state index contributed by atoms with van der Waals surface area (Å²) in [6.45, 7) is 0. The molecule has 0 unspecified atom stereocenters. The smallest absolute Gasteiger partial charge is 0 e. The Balaban J connectivity index is 0. The molecule has 0 fully saturated rings. The van der Waals surface area contributed by atoms with Crippen molar-refractivity contribution in [2.45, 2.75) is 0 Å². The molecule has 0 atom stereocenters. The van der Waals surface area contributed by atoms with E-state index in [1.54, 1.807) is 4.91 Å². The van der Waals surface area contributed by atoms with Crippen LogP contribution in [-0.2, 0) is 21.7 Å². The molecule has 0 aromatic heterocycles. The summed E-state index contributed by atoms with van der Waals surface area (Å²) in [5, 5.41) is 0. The molecule has 0 aliphatic carbocycles. The zero-order chi connectivity index (χ0) is 2.71. The second kappa shape index (κ2) is 11.8. The molecule has 4 heteroatoms. The van der Waals surface area contributed by atoms with Gasteiger partial charge in [-0.25, -0.2) is 0 Å². The number of rotatable bonds is 0. The summed E-state index contributed by atoms with van der Waals surface area (Å²) in [4.78, 5) is 1.75. The Morgan fingerprint density at radius 1 is 1.75 bits per heavy atom. The summed E-state index contributed by atoms with van der Waals surface area (Å²) in [6, 6.07) is 0. The topological polar surface area (TPSA) is 60.3 Å². The molecule has 0 radical (unpaired) electrons. The van der Waals surface area contributed by atoms with Crippen LogP contribution in [-0.4, -0.2) is 0 Å². The van der Waals surface area contributed by atoms with Crippen LogP contribution in [0.3, 0.4) is 0 Å². The fourth-order valence-corrected chi connectivity index (χ4v) is 0. The van der Waals surface area contributed by atoms with E-state index in [-0.39, 0.29) is 21.7 Å². The van der Waals surface area contributed by atoms with E-state index in [0.29, 0.717) is 0 Å². The van der Waals surface area contributed by atoms with Crippen molar-refractivity contribution in [1.29, 1.82) is 5.53 Å². The van der Waals surface area contributed by atoms with Crippen molar-refractivity contribution in [2.75, 3.05) is 0 Å². The number of nitrogens with zero attached hydrogens (tertiary/aromatic N) is 2. The Morgan fingerprint density at radius 3 is 1.75 bits per heavy atom. The zero-order valence-corrected chi connectivity index (χ0v) is 3.46. The van der Waals surface area contributed by atoms with Gasteiger partial charge in [-0.15, -0.1) is 5.53 Å². The molecule has 0 aromatic rings. The Labute approximate surface area is 38.3 Å². The van der Waals surface area contributed by atoms with Crippen molar-refractivity contribution in [3.63, 3.8) is 0 Å². The van der Waals surface area contributed by atoms with Gasteiger partial charge >= 0.3 is 0 Å². The quantitative estimate of drug-likeness (QED) is 0.199. The third-order valence-electron chi connectivity index (χ3n) is 0. The first-order chi connectivity index (χ1) is 1.41. The van der Waals surface area contributed by atoms with Gasteiger partial charge in [0, 0.05) is 21.7 Å². The van der Waals surface area contributed by atoms with Gasteiger partial charge in [0.05, 0.1) is 0 Å². The molecule has 0 saturated heterocycles. The van der Waals surface area contributed by atoms with Crippen LogP contribution in [0.4, 0.5) is 0 Å². The van der Waals surface area contributed by atoms with E-state index in [2.05, 4.69) is 0 Å². The summed E-state index contributed by atoms with van der Waals surface area (Å²) in [7, 11) is 0. The van der Waals surface area contributed by atoms with Crippen LogP contribution in [0.15, 0.2) is 0 Å². The van der Waals surface area contributed by atoms with E-state index in [0.717, 1.165) is 0 Å². The standard InChI is InChI=1S/HN3.Ti/c1-3-2;/h1H;. The Kier molecular flexibility index (Phi) is 26.5. The monoisotopic (exact) mass is 91.0 g/mol. The molecule has 0 amide bonds. The molecule has 0 bridgehead atoms. The van der Waals surface area contributed by atoms with Crippen molar-refractivity contribution in [3.8, 4) is 0 Å². The molecule has 20 valence electrons. The third-order valence-corrected chi connectivity index (χ3v) is 0. The van der Waals surface area contributed by atoms with Gasteiger partial charge in [0.1, 0.15) is 0 Å². The van der Waals surface area contributed by atoms with Crippen molar-refractivity contribution in [2.24, 2.45) is 0 Å². The van der Waals surface area contributed by atoms with Crippen LogP contribution in [0.5, 0.6) is 0 Å². The van der Waals surface area contributed by atoms with Gasteiger partial charge < -0.3 is 0 Å². The van der Waals surface area contributed by atoms with Crippen LogP contribution in [0, 0.1) is 5.53 Å². The van der Waals surface area contributed by atoms with Gasteiger partial charge in [-0.3, -0.25) is 0 Å². The van der Waals surface area contributed by atoms with Gasteiger partial charge in [0.15, 0.2) is 0 Å². The second-order valence-corrected chi connectivity index (χ2v) is 0.100. The van der Waals surface area contributed by atoms with E-state index in [4.69, 9.17) is 11.1 Å². The Hall–Kier alpha value is 0.0243. The van der Waals surface area contributed by atoms with Crippen molar-refractivity contribution in [3.05, 3.63) is 10.4 Å². The van der Waals surface area contributed by atoms with E-state index < -0.39 is 0 Å². The first kappa shape index (κ1) is 8.98. The average Bonchev–Trinajstić information content (AvgIpc) is 0.918. The first-order valence-electron chi connectivity index (χ1n) is 0.424. The maximum Gasteiger partial charge on any atom is 0 e. The van der Waals surface area contributed by atoms with Gasteiger partial charge in [-0.2, -0.15) is 0 Å². The Bertz CT molecular complexity index is 24.3. The van der Waals surface area contributed by atoms with Gasteiger partial charge in [-0.1, -0.05) is 0 Å². The van der Waals surface area contributed by atoms with Crippen LogP contribution < -0.4 is 0 Å². The summed E-state index contributed by atoms with van der Waals surface area (Å²) >= 11 is 0. The van der Waals surface area contributed by atoms with Crippen LogP contribution >= 0.6 is 0 Å². The number of hydrogen-bond donors (Lipinski definition) is 1. The fourth-order valence-electron chi connectivity index (χ4n) is 0. The van der Waals surface area contributed by atoms with Crippen LogP contribution in [0.1, 0.15) is 0 Å². The minimum Gasteiger partial charge on any atom is -0.108 e. The summed E-state index contributed by atoms with van der Waals surface area (Å²) in [5.74, 6) is 0. The summed E-state index contributed by atoms with van der Waals surface area (Å²) in [5.41, 5.74) is 12.2. The van der Waals surface area contributed by atoms with E-state index in [1.165, 1.54) is 0 Å². The number of hydrogen-bond acceptors (Lipinski definition) is 1. The minimum atomic E-state index is 0. The van der Waals surface area contributed by atoms with Gasteiger partial charge in [0.25, 0.3) is 0 Å². The molecule has 0 saturated carbocycles. The second-order valence-electron chi connectivity index (χ2n) is 0.100. The normalized spacial score (nSPS) is 2.00. The largest absolute Gasteiger partial charge is 0.108 e. The fraction of sp³-hybridized carbons (Fsp3) is 0. The molecule has 0 aliphatic rings. The predicted molar refractivity (Wildman–Crippen MR) is 9.44 cm³/mol. The van der Waals surface area contributed by atoms with E-state index >= 15 is 0 Å². The SMILES string of the molecule is [N-]=[N+]=N.[Ti]. The molecule has 3 nitrogen and oxygen atoms in total. The van der Waals surface area contributed by atoms with E-state index in [9.17, 15) is 0 Å². The molecule has 0 heterocycles. The molecule has 0 spiro atoms. The molecule has 4 heavy (non-hydrogen) atoms. The molecular formula is HN3Ti. The van der Waals surface area contributed by atoms with Gasteiger partial charge in [0.2, 0.25) is 0 Å². The van der Waals surface area contributed by atoms with Crippen molar-refractivity contribution < 1.29 is 21.7 Å². The van der Waals surface area contributed by atoms with Gasteiger partial charge in [-0.05, 0) is 10.4 Å². The zero-order valence-electron chi connectivity index (χ0n) is 1.89. The van der Waals surface area contributed by atoms with Crippen molar-refractivity contribution in [1.82, 2.24) is 0 Å². The molecule has 0 aliphatic heterocycles. The predicted octanol–water partition coefficient (Wildman–Crippen LogP) is 0.873. The maximum absolute atomic E-state index is 6.86. The minimum absolute atomic E-state index is 0. The maximum atomic E-state index is 6.86. The third kappa shape index (κ3) is 3600. The molecule has 0 aromatic carbocycles. The molecule has 1 N–H and O–H groups in total. The van der Waals surface area contributed by atoms with E-state index in [1.807, 2.05) is 0 Å². The molecule has 0 rings (SSSR count). The Morgan fingerprint density at radius 2 is 1.75 bits per heavy atom. The van der Waals surface area contributed by atoms with Crippen molar-refractivity contribution >= 4 is 0 Å². The average molecular weight is 90.9 g/mol. The summed E-state index contributed by atoms with van der Waals surface area (Å²) < 4.78 is 0. The molecular weight excluding hydrogens is 89.9 g/mol. The van der Waals surface area contributed by atoms with Crippen LogP contribution in [0.25, 0.3) is 10.4 Å².